The monoisotopic (exact) mass is 295 g/mol. The maximum Gasteiger partial charge on any atom is 0.137 e. The van der Waals surface area contributed by atoms with Crippen LogP contribution in [0.25, 0.3) is 0 Å². The zero-order valence-corrected chi connectivity index (χ0v) is 12.0. The van der Waals surface area contributed by atoms with Gasteiger partial charge in [0.2, 0.25) is 0 Å². The van der Waals surface area contributed by atoms with Crippen molar-refractivity contribution in [2.24, 2.45) is 5.73 Å². The summed E-state index contributed by atoms with van der Waals surface area (Å²) in [6.45, 7) is 0.517. The molecule has 4 heteroatoms. The highest BCUT2D eigenvalue weighted by molar-refractivity contribution is 7.98. The van der Waals surface area contributed by atoms with E-state index in [1.807, 2.05) is 30.3 Å². The number of nitrogens with two attached hydrogens (primary N) is 1. The van der Waals surface area contributed by atoms with Crippen molar-refractivity contribution < 1.29 is 4.39 Å². The predicted octanol–water partition coefficient (Wildman–Crippen LogP) is 4.27. The highest BCUT2D eigenvalue weighted by atomic mass is 35.5. The van der Waals surface area contributed by atoms with Crippen molar-refractivity contribution in [3.05, 3.63) is 64.4 Å². The van der Waals surface area contributed by atoms with Gasteiger partial charge < -0.3 is 5.73 Å². The van der Waals surface area contributed by atoms with Crippen LogP contribution >= 0.6 is 23.4 Å². The van der Waals surface area contributed by atoms with Crippen molar-refractivity contribution in [1.82, 2.24) is 0 Å². The van der Waals surface area contributed by atoms with Crippen LogP contribution in [0.4, 0.5) is 4.39 Å². The Balaban J connectivity index is 2.17. The van der Waals surface area contributed by atoms with Crippen LogP contribution in [0.1, 0.15) is 11.1 Å². The lowest BCUT2D eigenvalue weighted by molar-refractivity contribution is 0.597. The topological polar surface area (TPSA) is 26.0 Å². The third-order valence-corrected chi connectivity index (χ3v) is 4.36. The van der Waals surface area contributed by atoms with Gasteiger partial charge in [-0.15, -0.1) is 11.8 Å². The second-order valence-corrected chi connectivity index (χ2v) is 5.54. The molecule has 0 heterocycles. The molecule has 1 nitrogen and oxygen atoms in total. The van der Waals surface area contributed by atoms with Crippen molar-refractivity contribution >= 4 is 23.4 Å². The smallest absolute Gasteiger partial charge is 0.137 e. The van der Waals surface area contributed by atoms with Crippen LogP contribution in [0.3, 0.4) is 0 Å². The lowest BCUT2D eigenvalue weighted by atomic mass is 10.1. The van der Waals surface area contributed by atoms with E-state index in [4.69, 9.17) is 17.3 Å². The minimum absolute atomic E-state index is 0.192. The Labute approximate surface area is 122 Å². The second kappa shape index (κ2) is 6.94. The molecule has 0 spiro atoms. The molecule has 0 fully saturated rings. The SMILES string of the molecule is NCCc1cccc(F)c1SCc1ccccc1Cl. The van der Waals surface area contributed by atoms with E-state index in [1.54, 1.807) is 6.07 Å². The lowest BCUT2D eigenvalue weighted by Gasteiger charge is -2.10. The van der Waals surface area contributed by atoms with Crippen LogP contribution in [-0.4, -0.2) is 6.54 Å². The molecule has 2 aromatic rings. The number of hydrogen-bond donors (Lipinski definition) is 1. The fourth-order valence-electron chi connectivity index (χ4n) is 1.83. The van der Waals surface area contributed by atoms with Crippen LogP contribution in [0.5, 0.6) is 0 Å². The van der Waals surface area contributed by atoms with Gasteiger partial charge in [0.25, 0.3) is 0 Å². The van der Waals surface area contributed by atoms with E-state index in [0.717, 1.165) is 11.1 Å². The summed E-state index contributed by atoms with van der Waals surface area (Å²) in [6, 6.07) is 12.8. The van der Waals surface area contributed by atoms with E-state index in [-0.39, 0.29) is 5.82 Å². The largest absolute Gasteiger partial charge is 0.330 e. The van der Waals surface area contributed by atoms with E-state index < -0.39 is 0 Å². The first-order valence-corrected chi connectivity index (χ1v) is 7.42. The molecule has 0 radical (unpaired) electrons. The second-order valence-electron chi connectivity index (χ2n) is 4.15. The first kappa shape index (κ1) is 14.4. The number of thioether (sulfide) groups is 1. The minimum atomic E-state index is -0.192. The molecule has 2 N–H and O–H groups in total. The fraction of sp³-hybridized carbons (Fsp3) is 0.200. The number of halogens is 2. The van der Waals surface area contributed by atoms with Crippen molar-refractivity contribution in [2.75, 3.05) is 6.54 Å². The van der Waals surface area contributed by atoms with Gasteiger partial charge in [0.15, 0.2) is 0 Å². The Morgan fingerprint density at radius 1 is 1.05 bits per heavy atom. The first-order valence-electron chi connectivity index (χ1n) is 6.06. The van der Waals surface area contributed by atoms with Gasteiger partial charge in [-0.2, -0.15) is 0 Å². The van der Waals surface area contributed by atoms with Gasteiger partial charge in [0.05, 0.1) is 0 Å². The predicted molar refractivity (Wildman–Crippen MR) is 80.2 cm³/mol. The average molecular weight is 296 g/mol. The third kappa shape index (κ3) is 3.72. The summed E-state index contributed by atoms with van der Waals surface area (Å²) in [6.07, 6.45) is 0.683. The number of hydrogen-bond acceptors (Lipinski definition) is 2. The van der Waals surface area contributed by atoms with Crippen LogP contribution in [0.15, 0.2) is 47.4 Å². The van der Waals surface area contributed by atoms with Gasteiger partial charge in [0, 0.05) is 15.7 Å². The van der Waals surface area contributed by atoms with Crippen LogP contribution in [0.2, 0.25) is 5.02 Å². The molecule has 0 aliphatic heterocycles. The van der Waals surface area contributed by atoms with Crippen LogP contribution in [-0.2, 0) is 12.2 Å². The molecular formula is C15H15ClFNS. The Morgan fingerprint density at radius 2 is 1.79 bits per heavy atom. The van der Waals surface area contributed by atoms with E-state index in [9.17, 15) is 4.39 Å². The quantitative estimate of drug-likeness (QED) is 0.834. The maximum absolute atomic E-state index is 13.9. The standard InChI is InChI=1S/C15H15ClFNS/c16-13-6-2-1-4-12(13)10-19-15-11(8-9-18)5-3-7-14(15)17/h1-7H,8-10,18H2. The molecule has 100 valence electrons. The minimum Gasteiger partial charge on any atom is -0.330 e. The van der Waals surface area contributed by atoms with Crippen LogP contribution in [0, 0.1) is 5.82 Å². The molecule has 0 aromatic heterocycles. The summed E-state index contributed by atoms with van der Waals surface area (Å²) in [4.78, 5) is 0.674. The lowest BCUT2D eigenvalue weighted by Crippen LogP contribution is -2.04. The van der Waals surface area contributed by atoms with E-state index in [0.29, 0.717) is 28.6 Å². The molecule has 0 atom stereocenters. The molecule has 0 unspecified atom stereocenters. The average Bonchev–Trinajstić information content (AvgIpc) is 2.40. The van der Waals surface area contributed by atoms with Gasteiger partial charge in [0.1, 0.15) is 5.82 Å². The molecule has 0 saturated heterocycles. The number of benzene rings is 2. The van der Waals surface area contributed by atoms with Gasteiger partial charge >= 0.3 is 0 Å². The molecule has 0 bridgehead atoms. The van der Waals surface area contributed by atoms with Gasteiger partial charge in [-0.05, 0) is 36.2 Å². The summed E-state index contributed by atoms with van der Waals surface area (Å²) in [5, 5.41) is 0.715. The summed E-state index contributed by atoms with van der Waals surface area (Å²) in [7, 11) is 0. The Kier molecular flexibility index (Phi) is 5.25. The zero-order valence-electron chi connectivity index (χ0n) is 10.4. The zero-order chi connectivity index (χ0) is 13.7. The highest BCUT2D eigenvalue weighted by Crippen LogP contribution is 2.31. The molecule has 2 rings (SSSR count). The summed E-state index contributed by atoms with van der Waals surface area (Å²) in [5.41, 5.74) is 7.53. The fourth-order valence-corrected chi connectivity index (χ4v) is 3.23. The summed E-state index contributed by atoms with van der Waals surface area (Å²) in [5.74, 6) is 0.459. The molecule has 0 aliphatic rings. The summed E-state index contributed by atoms with van der Waals surface area (Å²) >= 11 is 7.57. The van der Waals surface area contributed by atoms with Crippen molar-refractivity contribution in [1.29, 1.82) is 0 Å². The first-order chi connectivity index (χ1) is 9.22. The van der Waals surface area contributed by atoms with Crippen LogP contribution < -0.4 is 5.73 Å². The van der Waals surface area contributed by atoms with Gasteiger partial charge in [-0.1, -0.05) is 41.9 Å². The Bertz CT molecular complexity index is 560. The molecule has 0 amide bonds. The maximum atomic E-state index is 13.9. The molecule has 2 aromatic carbocycles. The third-order valence-electron chi connectivity index (χ3n) is 2.79. The normalized spacial score (nSPS) is 10.7. The highest BCUT2D eigenvalue weighted by Gasteiger charge is 2.09. The van der Waals surface area contributed by atoms with E-state index in [2.05, 4.69) is 0 Å². The van der Waals surface area contributed by atoms with Crippen molar-refractivity contribution in [3.63, 3.8) is 0 Å². The molecule has 19 heavy (non-hydrogen) atoms. The van der Waals surface area contributed by atoms with Gasteiger partial charge in [-0.25, -0.2) is 4.39 Å². The number of rotatable bonds is 5. The van der Waals surface area contributed by atoms with Gasteiger partial charge in [-0.3, -0.25) is 0 Å². The molecule has 0 aliphatic carbocycles. The Hall–Kier alpha value is -1.03. The van der Waals surface area contributed by atoms with E-state index in [1.165, 1.54) is 17.8 Å². The van der Waals surface area contributed by atoms with Crippen molar-refractivity contribution in [3.8, 4) is 0 Å². The summed E-state index contributed by atoms with van der Waals surface area (Å²) < 4.78 is 13.9. The molecule has 0 saturated carbocycles. The van der Waals surface area contributed by atoms with Crippen molar-refractivity contribution in [2.45, 2.75) is 17.1 Å². The molecular weight excluding hydrogens is 281 g/mol. The van der Waals surface area contributed by atoms with E-state index >= 15 is 0 Å². The Morgan fingerprint density at radius 3 is 2.53 bits per heavy atom.